The molecule has 6 nitrogen and oxygen atoms in total. The molecule has 0 aliphatic carbocycles. The molecular formula is C10H12BrN3O3Sn. The van der Waals surface area contributed by atoms with Crippen molar-refractivity contribution in [3.8, 4) is 0 Å². The minimum atomic E-state index is -1.19. The summed E-state index contributed by atoms with van der Waals surface area (Å²) < 4.78 is 4.13. The van der Waals surface area contributed by atoms with Crippen LogP contribution >= 0.6 is 15.9 Å². The predicted molar refractivity (Wildman–Crippen MR) is 73.7 cm³/mol. The first kappa shape index (κ1) is 14.0. The number of hydrogen-bond acceptors (Lipinski definition) is 4. The third kappa shape index (κ3) is 2.48. The maximum atomic E-state index is 12.2. The van der Waals surface area contributed by atoms with Gasteiger partial charge in [-0.2, -0.15) is 0 Å². The molecule has 18 heavy (non-hydrogen) atoms. The van der Waals surface area contributed by atoms with Crippen molar-refractivity contribution < 1.29 is 5.11 Å². The first-order chi connectivity index (χ1) is 8.41. The van der Waals surface area contributed by atoms with Crippen molar-refractivity contribution in [1.29, 1.82) is 0 Å². The Morgan fingerprint density at radius 1 is 1.50 bits per heavy atom. The summed E-state index contributed by atoms with van der Waals surface area (Å²) in [5.74, 6) is 0.497. The number of rotatable bonds is 3. The van der Waals surface area contributed by atoms with Gasteiger partial charge in [0.15, 0.2) is 0 Å². The molecule has 2 heterocycles. The zero-order valence-electron chi connectivity index (χ0n) is 9.97. The van der Waals surface area contributed by atoms with Crippen molar-refractivity contribution in [1.82, 2.24) is 9.13 Å². The van der Waals surface area contributed by atoms with E-state index in [0.29, 0.717) is 15.8 Å². The van der Waals surface area contributed by atoms with Gasteiger partial charge in [-0.15, -0.1) is 0 Å². The van der Waals surface area contributed by atoms with Gasteiger partial charge in [0.1, 0.15) is 0 Å². The maximum absolute atomic E-state index is 12.2. The molecule has 1 aromatic rings. The second-order valence-electron chi connectivity index (χ2n) is 4.16. The topological polar surface area (TPSA) is 76.6 Å². The van der Waals surface area contributed by atoms with Gasteiger partial charge in [0.25, 0.3) is 0 Å². The number of aliphatic hydroxyl groups excluding tert-OH is 1. The number of aliphatic imine (C=N–C) groups is 1. The number of halogens is 1. The number of aliphatic hydroxyl groups is 1. The van der Waals surface area contributed by atoms with E-state index in [0.717, 1.165) is 2.64 Å². The Bertz CT molecular complexity index is 632. The van der Waals surface area contributed by atoms with Crippen molar-refractivity contribution in [3.63, 3.8) is 0 Å². The molecule has 0 bridgehead atoms. The van der Waals surface area contributed by atoms with Gasteiger partial charge in [0, 0.05) is 0 Å². The van der Waals surface area contributed by atoms with E-state index in [-0.39, 0.29) is 17.8 Å². The Balaban J connectivity index is 2.53. The number of hydrogen-bond donors (Lipinski definition) is 1. The fourth-order valence-corrected chi connectivity index (χ4v) is 5.93. The van der Waals surface area contributed by atoms with Gasteiger partial charge in [-0.25, -0.2) is 0 Å². The molecule has 0 saturated carbocycles. The van der Waals surface area contributed by atoms with E-state index in [1.165, 1.54) is 9.13 Å². The van der Waals surface area contributed by atoms with Crippen molar-refractivity contribution in [2.45, 2.75) is 26.0 Å². The van der Waals surface area contributed by atoms with E-state index >= 15 is 0 Å². The molecule has 0 amide bonds. The van der Waals surface area contributed by atoms with E-state index < -0.39 is 27.2 Å². The summed E-state index contributed by atoms with van der Waals surface area (Å²) in [7, 11) is 1.62. The summed E-state index contributed by atoms with van der Waals surface area (Å²) in [5.41, 5.74) is -0.608. The molecule has 1 unspecified atom stereocenters. The Hall–Kier alpha value is -0.411. The van der Waals surface area contributed by atoms with E-state index in [1.54, 1.807) is 14.0 Å². The number of fused-ring (bicyclic) bond motifs is 1. The van der Waals surface area contributed by atoms with Gasteiger partial charge >= 0.3 is 122 Å². The first-order valence-corrected chi connectivity index (χ1v) is 9.09. The predicted octanol–water partition coefficient (Wildman–Crippen LogP) is -0.957. The normalized spacial score (nSPS) is 15.4. The molecular weight excluding hydrogens is 409 g/mol. The Morgan fingerprint density at radius 2 is 2.17 bits per heavy atom. The van der Waals surface area contributed by atoms with Crippen LogP contribution in [0.4, 0.5) is 5.82 Å². The van der Waals surface area contributed by atoms with Crippen LogP contribution in [0.5, 0.6) is 0 Å². The molecule has 0 saturated heterocycles. The average Bonchev–Trinajstić information content (AvgIpc) is 2.68. The second kappa shape index (κ2) is 5.30. The molecule has 2 rings (SSSR count). The second-order valence-corrected chi connectivity index (χ2v) is 10.5. The summed E-state index contributed by atoms with van der Waals surface area (Å²) in [5, 5.41) is 9.26. The van der Waals surface area contributed by atoms with Gasteiger partial charge in [0.05, 0.1) is 0 Å². The van der Waals surface area contributed by atoms with E-state index in [2.05, 4.69) is 20.9 Å². The van der Waals surface area contributed by atoms with Gasteiger partial charge in [0.2, 0.25) is 0 Å². The average molecular weight is 421 g/mol. The zero-order valence-corrected chi connectivity index (χ0v) is 14.4. The van der Waals surface area contributed by atoms with Crippen LogP contribution in [-0.2, 0) is 13.6 Å². The van der Waals surface area contributed by atoms with Crippen molar-refractivity contribution in [3.05, 3.63) is 20.8 Å². The monoisotopic (exact) mass is 421 g/mol. The van der Waals surface area contributed by atoms with Crippen LogP contribution in [0, 0.1) is 0 Å². The summed E-state index contributed by atoms with van der Waals surface area (Å²) >= 11 is 2.13. The summed E-state index contributed by atoms with van der Waals surface area (Å²) in [6.07, 6.45) is -0.140. The quantitative estimate of drug-likeness (QED) is 0.640. The molecule has 1 aliphatic rings. The van der Waals surface area contributed by atoms with Gasteiger partial charge < -0.3 is 0 Å². The molecule has 0 fully saturated rings. The van der Waals surface area contributed by atoms with Crippen LogP contribution in [0.25, 0.3) is 0 Å². The molecule has 1 atom stereocenters. The fourth-order valence-electron chi connectivity index (χ4n) is 1.73. The van der Waals surface area contributed by atoms with Gasteiger partial charge in [-0.05, 0) is 0 Å². The van der Waals surface area contributed by atoms with E-state index in [9.17, 15) is 14.7 Å². The van der Waals surface area contributed by atoms with Crippen LogP contribution in [0.15, 0.2) is 14.6 Å². The summed E-state index contributed by atoms with van der Waals surface area (Å²) in [4.78, 5) is 28.5. The molecule has 8 heteroatoms. The molecule has 1 N–H and O–H groups in total. The Morgan fingerprint density at radius 3 is 2.78 bits per heavy atom. The zero-order chi connectivity index (χ0) is 13.4. The standard InChI is InChI=1S/C10H12BrN3O3.Sn/c1-7(15)3-4-14-9(16)5-8(12-6-11)13(2)10(14)17;/h7,15H,3-4H2,1-2H3;. The molecule has 96 valence electrons. The minimum absolute atomic E-state index is 0.237. The SMILES string of the molecule is CC(O)CCn1c(=O)[c]2c(n(C)c1=O)N=[C](Br)[Sn]2. The van der Waals surface area contributed by atoms with Crippen molar-refractivity contribution in [2.24, 2.45) is 12.0 Å². The van der Waals surface area contributed by atoms with Crippen molar-refractivity contribution >= 4 is 49.1 Å². The molecule has 0 aromatic carbocycles. The Labute approximate surface area is 122 Å². The third-order valence-electron chi connectivity index (χ3n) is 2.72. The third-order valence-corrected chi connectivity index (χ3v) is 7.10. The molecule has 2 radical (unpaired) electrons. The molecule has 1 aromatic heterocycles. The van der Waals surface area contributed by atoms with Crippen LogP contribution in [0.1, 0.15) is 13.3 Å². The fraction of sp³-hybridized carbons (Fsp3) is 0.500. The summed E-state index contributed by atoms with van der Waals surface area (Å²) in [6.45, 7) is 1.88. The number of aromatic nitrogens is 2. The van der Waals surface area contributed by atoms with Crippen LogP contribution in [0.3, 0.4) is 0 Å². The van der Waals surface area contributed by atoms with Crippen LogP contribution in [0.2, 0.25) is 0 Å². The van der Waals surface area contributed by atoms with E-state index in [1.807, 2.05) is 0 Å². The number of nitrogens with zero attached hydrogens (tertiary/aromatic N) is 3. The van der Waals surface area contributed by atoms with Gasteiger partial charge in [-0.1, -0.05) is 0 Å². The van der Waals surface area contributed by atoms with Crippen LogP contribution < -0.4 is 14.8 Å². The van der Waals surface area contributed by atoms with Crippen molar-refractivity contribution in [2.75, 3.05) is 0 Å². The van der Waals surface area contributed by atoms with Crippen LogP contribution in [-0.4, -0.2) is 44.1 Å². The summed E-state index contributed by atoms with van der Waals surface area (Å²) in [6, 6.07) is 0. The molecule has 0 spiro atoms. The van der Waals surface area contributed by atoms with E-state index in [4.69, 9.17) is 0 Å². The first-order valence-electron chi connectivity index (χ1n) is 5.45. The Kier molecular flexibility index (Phi) is 4.12. The molecule has 1 aliphatic heterocycles. The van der Waals surface area contributed by atoms with Gasteiger partial charge in [-0.3, -0.25) is 0 Å².